The van der Waals surface area contributed by atoms with Gasteiger partial charge < -0.3 is 14.4 Å². The number of hydrogen-bond donors (Lipinski definition) is 0. The van der Waals surface area contributed by atoms with E-state index in [2.05, 4.69) is 52.3 Å². The zero-order valence-corrected chi connectivity index (χ0v) is 18.6. The van der Waals surface area contributed by atoms with Crippen LogP contribution in [0.3, 0.4) is 0 Å². The lowest BCUT2D eigenvalue weighted by atomic mass is 9.95. The van der Waals surface area contributed by atoms with E-state index in [0.717, 1.165) is 31.0 Å². The molecule has 2 aromatic carbocycles. The molecule has 2 aromatic rings. The number of rotatable bonds is 8. The first-order valence-electron chi connectivity index (χ1n) is 11.5. The van der Waals surface area contributed by atoms with Crippen molar-refractivity contribution in [3.05, 3.63) is 59.2 Å². The molecule has 0 spiro atoms. The highest BCUT2D eigenvalue weighted by Crippen LogP contribution is 2.34. The SMILES string of the molecule is COc1cc2c(cc1OC)CN([C@@H]1CCCN(CCCCc3ccccc3)C1)CC2. The van der Waals surface area contributed by atoms with Crippen molar-refractivity contribution < 1.29 is 9.47 Å². The predicted molar refractivity (Wildman–Crippen MR) is 123 cm³/mol. The fraction of sp³-hybridized carbons (Fsp3) is 0.538. The highest BCUT2D eigenvalue weighted by molar-refractivity contribution is 5.48. The molecule has 162 valence electrons. The molecule has 2 aliphatic heterocycles. The number of benzene rings is 2. The molecule has 0 N–H and O–H groups in total. The monoisotopic (exact) mass is 408 g/mol. The largest absolute Gasteiger partial charge is 0.493 e. The number of likely N-dealkylation sites (tertiary alicyclic amines) is 1. The van der Waals surface area contributed by atoms with Crippen molar-refractivity contribution in [3.63, 3.8) is 0 Å². The Balaban J connectivity index is 1.28. The van der Waals surface area contributed by atoms with Gasteiger partial charge in [-0.3, -0.25) is 4.90 Å². The molecule has 4 heteroatoms. The number of ether oxygens (including phenoxy) is 2. The molecule has 30 heavy (non-hydrogen) atoms. The first-order valence-corrected chi connectivity index (χ1v) is 11.5. The van der Waals surface area contributed by atoms with Gasteiger partial charge in [-0.05, 0) is 80.4 Å². The van der Waals surface area contributed by atoms with Crippen LogP contribution in [0.25, 0.3) is 0 Å². The van der Waals surface area contributed by atoms with Gasteiger partial charge >= 0.3 is 0 Å². The smallest absolute Gasteiger partial charge is 0.161 e. The highest BCUT2D eigenvalue weighted by atomic mass is 16.5. The fourth-order valence-electron chi connectivity index (χ4n) is 5.06. The Morgan fingerprint density at radius 1 is 0.933 bits per heavy atom. The Morgan fingerprint density at radius 3 is 2.47 bits per heavy atom. The number of unbranched alkanes of at least 4 members (excludes halogenated alkanes) is 1. The average Bonchev–Trinajstić information content (AvgIpc) is 2.81. The van der Waals surface area contributed by atoms with Gasteiger partial charge in [0, 0.05) is 25.7 Å². The van der Waals surface area contributed by atoms with Gasteiger partial charge in [-0.15, -0.1) is 0 Å². The summed E-state index contributed by atoms with van der Waals surface area (Å²) >= 11 is 0. The highest BCUT2D eigenvalue weighted by Gasteiger charge is 2.28. The van der Waals surface area contributed by atoms with E-state index in [-0.39, 0.29) is 0 Å². The van der Waals surface area contributed by atoms with Crippen LogP contribution in [0.2, 0.25) is 0 Å². The molecule has 0 aliphatic carbocycles. The third-order valence-electron chi connectivity index (χ3n) is 6.78. The van der Waals surface area contributed by atoms with Crippen molar-refractivity contribution in [2.24, 2.45) is 0 Å². The minimum atomic E-state index is 0.675. The summed E-state index contributed by atoms with van der Waals surface area (Å²) in [4.78, 5) is 5.40. The molecule has 0 amide bonds. The summed E-state index contributed by atoms with van der Waals surface area (Å²) in [6, 6.07) is 15.9. The van der Waals surface area contributed by atoms with Gasteiger partial charge in [0.25, 0.3) is 0 Å². The van der Waals surface area contributed by atoms with E-state index in [0.29, 0.717) is 6.04 Å². The van der Waals surface area contributed by atoms with Crippen LogP contribution in [0.5, 0.6) is 11.5 Å². The summed E-state index contributed by atoms with van der Waals surface area (Å²) < 4.78 is 11.0. The normalized spacial score (nSPS) is 20.0. The van der Waals surface area contributed by atoms with Gasteiger partial charge in [0.15, 0.2) is 11.5 Å². The second-order valence-electron chi connectivity index (χ2n) is 8.74. The lowest BCUT2D eigenvalue weighted by Gasteiger charge is -2.41. The number of aryl methyl sites for hydroxylation is 1. The number of methoxy groups -OCH3 is 2. The molecule has 4 rings (SSSR count). The van der Waals surface area contributed by atoms with Crippen LogP contribution in [0.1, 0.15) is 42.4 Å². The van der Waals surface area contributed by atoms with Gasteiger partial charge in [0.1, 0.15) is 0 Å². The van der Waals surface area contributed by atoms with E-state index in [4.69, 9.17) is 9.47 Å². The molecule has 4 nitrogen and oxygen atoms in total. The number of hydrogen-bond acceptors (Lipinski definition) is 4. The summed E-state index contributed by atoms with van der Waals surface area (Å²) in [5.41, 5.74) is 4.28. The average molecular weight is 409 g/mol. The summed E-state index contributed by atoms with van der Waals surface area (Å²) in [6.45, 7) is 5.89. The van der Waals surface area contributed by atoms with Gasteiger partial charge in [0.05, 0.1) is 14.2 Å². The van der Waals surface area contributed by atoms with Gasteiger partial charge in [-0.2, -0.15) is 0 Å². The number of nitrogens with zero attached hydrogens (tertiary/aromatic N) is 2. The molecule has 2 aliphatic rings. The summed E-state index contributed by atoms with van der Waals surface area (Å²) in [5, 5.41) is 0. The molecule has 2 heterocycles. The Hall–Kier alpha value is -2.04. The third kappa shape index (κ3) is 5.16. The quantitative estimate of drug-likeness (QED) is 0.598. The Bertz CT molecular complexity index is 808. The second kappa shape index (κ2) is 10.3. The van der Waals surface area contributed by atoms with Crippen molar-refractivity contribution >= 4 is 0 Å². The van der Waals surface area contributed by atoms with Crippen molar-refractivity contribution in [2.75, 3.05) is 40.4 Å². The van der Waals surface area contributed by atoms with Crippen LogP contribution in [-0.4, -0.2) is 56.2 Å². The molecule has 0 unspecified atom stereocenters. The van der Waals surface area contributed by atoms with Gasteiger partial charge in [-0.1, -0.05) is 30.3 Å². The maximum atomic E-state index is 5.54. The van der Waals surface area contributed by atoms with E-state index in [1.165, 1.54) is 68.4 Å². The minimum Gasteiger partial charge on any atom is -0.493 e. The van der Waals surface area contributed by atoms with E-state index >= 15 is 0 Å². The maximum absolute atomic E-state index is 5.54. The van der Waals surface area contributed by atoms with Crippen LogP contribution in [0, 0.1) is 0 Å². The van der Waals surface area contributed by atoms with Crippen molar-refractivity contribution in [2.45, 2.75) is 51.1 Å². The van der Waals surface area contributed by atoms with E-state index in [1.807, 2.05) is 0 Å². The molecule has 0 aromatic heterocycles. The fourth-order valence-corrected chi connectivity index (χ4v) is 5.06. The van der Waals surface area contributed by atoms with Crippen LogP contribution in [0.4, 0.5) is 0 Å². The molecule has 1 saturated heterocycles. The molecule has 1 fully saturated rings. The van der Waals surface area contributed by atoms with E-state index in [9.17, 15) is 0 Å². The lowest BCUT2D eigenvalue weighted by molar-refractivity contribution is 0.0866. The molecule has 0 saturated carbocycles. The third-order valence-corrected chi connectivity index (χ3v) is 6.78. The Labute approximate surface area is 181 Å². The molecule has 0 radical (unpaired) electrons. The predicted octanol–water partition coefficient (Wildman–Crippen LogP) is 4.55. The molecule has 1 atom stereocenters. The lowest BCUT2D eigenvalue weighted by Crippen LogP contribution is -2.49. The summed E-state index contributed by atoms with van der Waals surface area (Å²) in [5.74, 6) is 1.70. The van der Waals surface area contributed by atoms with Crippen LogP contribution >= 0.6 is 0 Å². The van der Waals surface area contributed by atoms with Gasteiger partial charge in [0.2, 0.25) is 0 Å². The summed E-state index contributed by atoms with van der Waals surface area (Å²) in [7, 11) is 3.44. The first-order chi connectivity index (χ1) is 14.8. The van der Waals surface area contributed by atoms with Crippen molar-refractivity contribution in [1.82, 2.24) is 9.80 Å². The number of fused-ring (bicyclic) bond motifs is 1. The standard InChI is InChI=1S/C26H36N2O2/c1-29-25-17-22-13-16-28(19-23(22)18-26(25)30-2)24-12-8-15-27(20-24)14-7-6-11-21-9-4-3-5-10-21/h3-5,9-10,17-18,24H,6-8,11-16,19-20H2,1-2H3/t24-/m1/s1. The van der Waals surface area contributed by atoms with Crippen molar-refractivity contribution in [1.29, 1.82) is 0 Å². The minimum absolute atomic E-state index is 0.675. The zero-order chi connectivity index (χ0) is 20.8. The topological polar surface area (TPSA) is 24.9 Å². The van der Waals surface area contributed by atoms with E-state index in [1.54, 1.807) is 14.2 Å². The van der Waals surface area contributed by atoms with Gasteiger partial charge in [-0.25, -0.2) is 0 Å². The number of piperidine rings is 1. The Kier molecular flexibility index (Phi) is 7.29. The maximum Gasteiger partial charge on any atom is 0.161 e. The Morgan fingerprint density at radius 2 is 1.70 bits per heavy atom. The van der Waals surface area contributed by atoms with Crippen LogP contribution < -0.4 is 9.47 Å². The van der Waals surface area contributed by atoms with Crippen LogP contribution in [-0.2, 0) is 19.4 Å². The molecular weight excluding hydrogens is 372 g/mol. The summed E-state index contributed by atoms with van der Waals surface area (Å²) in [6.07, 6.45) is 7.52. The zero-order valence-electron chi connectivity index (χ0n) is 18.6. The first kappa shape index (κ1) is 21.2. The molecular formula is C26H36N2O2. The van der Waals surface area contributed by atoms with Crippen molar-refractivity contribution in [3.8, 4) is 11.5 Å². The van der Waals surface area contributed by atoms with E-state index < -0.39 is 0 Å². The second-order valence-corrected chi connectivity index (χ2v) is 8.74. The molecule has 0 bridgehead atoms. The van der Waals surface area contributed by atoms with Crippen LogP contribution in [0.15, 0.2) is 42.5 Å².